The summed E-state index contributed by atoms with van der Waals surface area (Å²) in [6.07, 6.45) is -4.62. The molecule has 0 aliphatic carbocycles. The molecule has 0 aliphatic heterocycles. The van der Waals surface area contributed by atoms with Gasteiger partial charge in [-0.05, 0) is 13.8 Å². The van der Waals surface area contributed by atoms with Crippen LogP contribution < -0.4 is 5.32 Å². The summed E-state index contributed by atoms with van der Waals surface area (Å²) in [5, 5.41) is 17.7. The maximum atomic E-state index is 12.0. The third-order valence-electron chi connectivity index (χ3n) is 2.42. The van der Waals surface area contributed by atoms with Crippen LogP contribution in [-0.2, 0) is 11.2 Å². The molecule has 0 saturated carbocycles. The average Bonchev–Trinajstić information content (AvgIpc) is 2.57. The highest BCUT2D eigenvalue weighted by Gasteiger charge is 2.18. The van der Waals surface area contributed by atoms with Gasteiger partial charge < -0.3 is 10.4 Å². The molecule has 0 radical (unpaired) electrons. The molecule has 0 bridgehead atoms. The van der Waals surface area contributed by atoms with Gasteiger partial charge in [-0.15, -0.1) is 0 Å². The number of hydrogen-bond donors (Lipinski definition) is 3. The number of nitrogens with zero attached hydrogens (tertiary/aromatic N) is 1. The number of aliphatic hydroxyl groups excluding tert-OH is 1. The van der Waals surface area contributed by atoms with E-state index < -0.39 is 25.0 Å². The fourth-order valence-corrected chi connectivity index (χ4v) is 1.37. The number of alkyl halides is 2. The fourth-order valence-electron chi connectivity index (χ4n) is 1.37. The highest BCUT2D eigenvalue weighted by atomic mass is 19.3. The second kappa shape index (κ2) is 5.72. The lowest BCUT2D eigenvalue weighted by Crippen LogP contribution is -2.36. The highest BCUT2D eigenvalue weighted by molar-refractivity contribution is 5.79. The van der Waals surface area contributed by atoms with Gasteiger partial charge in [0.05, 0.1) is 12.1 Å². The van der Waals surface area contributed by atoms with Gasteiger partial charge >= 0.3 is 0 Å². The molecule has 1 heterocycles. The number of amides is 1. The molecule has 0 fully saturated rings. The van der Waals surface area contributed by atoms with Gasteiger partial charge in [-0.2, -0.15) is 5.10 Å². The number of aliphatic hydroxyl groups is 1. The molecule has 0 aliphatic rings. The number of halogens is 2. The van der Waals surface area contributed by atoms with Gasteiger partial charge in [0.2, 0.25) is 5.91 Å². The van der Waals surface area contributed by atoms with Crippen LogP contribution in [0.2, 0.25) is 0 Å². The Morgan fingerprint density at radius 2 is 2.18 bits per heavy atom. The van der Waals surface area contributed by atoms with Crippen LogP contribution in [-0.4, -0.2) is 40.3 Å². The van der Waals surface area contributed by atoms with Crippen molar-refractivity contribution in [2.45, 2.75) is 32.8 Å². The quantitative estimate of drug-likeness (QED) is 0.700. The summed E-state index contributed by atoms with van der Waals surface area (Å²) in [6, 6.07) is 0. The number of carbonyl (C=O) groups is 1. The Bertz CT molecular complexity index is 373. The monoisotopic (exact) mass is 247 g/mol. The molecule has 1 aromatic heterocycles. The summed E-state index contributed by atoms with van der Waals surface area (Å²) < 4.78 is 23.9. The first kappa shape index (κ1) is 13.6. The van der Waals surface area contributed by atoms with Crippen LogP contribution in [0.15, 0.2) is 0 Å². The van der Waals surface area contributed by atoms with Crippen LogP contribution in [0.3, 0.4) is 0 Å². The molecule has 0 aromatic carbocycles. The second-order valence-electron chi connectivity index (χ2n) is 3.80. The minimum absolute atomic E-state index is 0.0596. The van der Waals surface area contributed by atoms with E-state index in [4.69, 9.17) is 5.11 Å². The molecule has 1 atom stereocenters. The SMILES string of the molecule is Cc1n[nH]c(C)c1CC(=O)NCC(O)C(F)F. The Balaban J connectivity index is 2.45. The average molecular weight is 247 g/mol. The van der Waals surface area contributed by atoms with Crippen LogP contribution in [0.5, 0.6) is 0 Å². The van der Waals surface area contributed by atoms with E-state index in [9.17, 15) is 13.6 Å². The van der Waals surface area contributed by atoms with Crippen molar-refractivity contribution in [1.29, 1.82) is 0 Å². The van der Waals surface area contributed by atoms with Crippen LogP contribution in [0, 0.1) is 13.8 Å². The zero-order valence-electron chi connectivity index (χ0n) is 9.63. The van der Waals surface area contributed by atoms with Gasteiger partial charge in [-0.3, -0.25) is 9.89 Å². The van der Waals surface area contributed by atoms with Gasteiger partial charge in [-0.25, -0.2) is 8.78 Å². The first-order valence-corrected chi connectivity index (χ1v) is 5.15. The van der Waals surface area contributed by atoms with Gasteiger partial charge in [0.25, 0.3) is 6.43 Å². The van der Waals surface area contributed by atoms with Gasteiger partial charge in [0.15, 0.2) is 0 Å². The first-order chi connectivity index (χ1) is 7.91. The van der Waals surface area contributed by atoms with E-state index in [-0.39, 0.29) is 6.42 Å². The molecule has 3 N–H and O–H groups in total. The van der Waals surface area contributed by atoms with Crippen LogP contribution >= 0.6 is 0 Å². The Kier molecular flexibility index (Phi) is 4.56. The number of hydrogen-bond acceptors (Lipinski definition) is 3. The summed E-state index contributed by atoms with van der Waals surface area (Å²) in [6.45, 7) is 3.07. The lowest BCUT2D eigenvalue weighted by atomic mass is 10.1. The van der Waals surface area contributed by atoms with Crippen LogP contribution in [0.1, 0.15) is 17.0 Å². The third kappa shape index (κ3) is 3.77. The number of nitrogens with one attached hydrogen (secondary N) is 2. The molecular formula is C10H15F2N3O2. The first-order valence-electron chi connectivity index (χ1n) is 5.15. The van der Waals surface area contributed by atoms with Crippen molar-refractivity contribution in [1.82, 2.24) is 15.5 Å². The number of aryl methyl sites for hydroxylation is 2. The van der Waals surface area contributed by atoms with Crippen molar-refractivity contribution < 1.29 is 18.7 Å². The molecule has 7 heteroatoms. The lowest BCUT2D eigenvalue weighted by Gasteiger charge is -2.10. The van der Waals surface area contributed by atoms with Crippen molar-refractivity contribution in [3.8, 4) is 0 Å². The molecule has 0 saturated heterocycles. The maximum Gasteiger partial charge on any atom is 0.265 e. The van der Waals surface area contributed by atoms with Gasteiger partial charge in [0.1, 0.15) is 6.10 Å². The zero-order valence-corrected chi connectivity index (χ0v) is 9.63. The molecule has 1 rings (SSSR count). The van der Waals surface area contributed by atoms with E-state index in [0.29, 0.717) is 5.69 Å². The Labute approximate surface area is 97.2 Å². The Hall–Kier alpha value is -1.50. The van der Waals surface area contributed by atoms with Crippen molar-refractivity contribution in [3.05, 3.63) is 17.0 Å². The smallest absolute Gasteiger partial charge is 0.265 e. The summed E-state index contributed by atoms with van der Waals surface area (Å²) in [7, 11) is 0. The molecule has 1 unspecified atom stereocenters. The number of rotatable bonds is 5. The van der Waals surface area contributed by atoms with Crippen LogP contribution in [0.4, 0.5) is 8.78 Å². The van der Waals surface area contributed by atoms with E-state index in [1.54, 1.807) is 13.8 Å². The third-order valence-corrected chi connectivity index (χ3v) is 2.42. The molecule has 5 nitrogen and oxygen atoms in total. The minimum atomic E-state index is -2.85. The molecule has 96 valence electrons. The van der Waals surface area contributed by atoms with Gasteiger partial charge in [-0.1, -0.05) is 0 Å². The number of H-pyrrole nitrogens is 1. The van der Waals surface area contributed by atoms with E-state index in [1.807, 2.05) is 0 Å². The van der Waals surface area contributed by atoms with Crippen molar-refractivity contribution in [2.75, 3.05) is 6.54 Å². The number of carbonyl (C=O) groups excluding carboxylic acids is 1. The second-order valence-corrected chi connectivity index (χ2v) is 3.80. The Morgan fingerprint density at radius 3 is 2.65 bits per heavy atom. The van der Waals surface area contributed by atoms with E-state index in [1.165, 1.54) is 0 Å². The molecule has 1 amide bonds. The standard InChI is InChI=1S/C10H15F2N3O2/c1-5-7(6(2)15-14-5)3-9(17)13-4-8(16)10(11)12/h8,10,16H,3-4H2,1-2H3,(H,13,17)(H,14,15). The summed E-state index contributed by atoms with van der Waals surface area (Å²) in [5.41, 5.74) is 2.22. The normalized spacial score (nSPS) is 12.8. The highest BCUT2D eigenvalue weighted by Crippen LogP contribution is 2.09. The molecule has 1 aromatic rings. The number of aromatic amines is 1. The van der Waals surface area contributed by atoms with E-state index in [2.05, 4.69) is 15.5 Å². The van der Waals surface area contributed by atoms with Crippen molar-refractivity contribution in [3.63, 3.8) is 0 Å². The van der Waals surface area contributed by atoms with Crippen molar-refractivity contribution >= 4 is 5.91 Å². The van der Waals surface area contributed by atoms with E-state index >= 15 is 0 Å². The summed E-state index contributed by atoms with van der Waals surface area (Å²) in [4.78, 5) is 11.4. The van der Waals surface area contributed by atoms with Crippen LogP contribution in [0.25, 0.3) is 0 Å². The largest absolute Gasteiger partial charge is 0.385 e. The predicted octanol–water partition coefficient (Wildman–Crippen LogP) is 0.311. The lowest BCUT2D eigenvalue weighted by molar-refractivity contribution is -0.121. The summed E-state index contributed by atoms with van der Waals surface area (Å²) >= 11 is 0. The zero-order chi connectivity index (χ0) is 13.0. The number of aromatic nitrogens is 2. The van der Waals surface area contributed by atoms with Gasteiger partial charge in [0, 0.05) is 17.8 Å². The predicted molar refractivity (Wildman–Crippen MR) is 56.8 cm³/mol. The van der Waals surface area contributed by atoms with E-state index in [0.717, 1.165) is 11.3 Å². The molecule has 0 spiro atoms. The minimum Gasteiger partial charge on any atom is -0.385 e. The topological polar surface area (TPSA) is 78.0 Å². The fraction of sp³-hybridized carbons (Fsp3) is 0.600. The maximum absolute atomic E-state index is 12.0. The molecular weight excluding hydrogens is 232 g/mol. The Morgan fingerprint density at radius 1 is 1.53 bits per heavy atom. The molecule has 17 heavy (non-hydrogen) atoms. The van der Waals surface area contributed by atoms with Crippen molar-refractivity contribution in [2.24, 2.45) is 0 Å². The summed E-state index contributed by atoms with van der Waals surface area (Å²) in [5.74, 6) is -0.419.